The average Bonchev–Trinajstić information content (AvgIpc) is 2.26. The lowest BCUT2D eigenvalue weighted by atomic mass is 10.0. The maximum atomic E-state index is 10.8. The summed E-state index contributed by atoms with van der Waals surface area (Å²) in [6, 6.07) is 3.82. The zero-order valence-corrected chi connectivity index (χ0v) is 8.14. The molecule has 0 amide bonds. The number of nitrogens with zero attached hydrogens (tertiary/aromatic N) is 1. The van der Waals surface area contributed by atoms with Crippen LogP contribution in [0.5, 0.6) is 0 Å². The molecule has 0 spiro atoms. The Bertz CT molecular complexity index is 308. The first kappa shape index (κ1) is 10.4. The molecule has 14 heavy (non-hydrogen) atoms. The summed E-state index contributed by atoms with van der Waals surface area (Å²) in [6.45, 7) is 5.69. The topological polar surface area (TPSA) is 39.2 Å². The molecular formula is C11H13NO2. The van der Waals surface area contributed by atoms with Crippen molar-refractivity contribution in [3.63, 3.8) is 0 Å². The Kier molecular flexibility index (Phi) is 3.85. The lowest BCUT2D eigenvalue weighted by Gasteiger charge is -2.10. The molecule has 1 rings (SSSR count). The lowest BCUT2D eigenvalue weighted by molar-refractivity contribution is -0.138. The van der Waals surface area contributed by atoms with Crippen LogP contribution in [0.15, 0.2) is 37.2 Å². The Hall–Kier alpha value is -1.64. The van der Waals surface area contributed by atoms with Gasteiger partial charge in [-0.1, -0.05) is 13.5 Å². The van der Waals surface area contributed by atoms with Crippen LogP contribution in [0.25, 0.3) is 0 Å². The molecule has 0 aliphatic heterocycles. The largest absolute Gasteiger partial charge is 0.462 e. The van der Waals surface area contributed by atoms with Crippen molar-refractivity contribution >= 4 is 5.97 Å². The van der Waals surface area contributed by atoms with Gasteiger partial charge in [0.05, 0.1) is 6.61 Å². The van der Waals surface area contributed by atoms with E-state index >= 15 is 0 Å². The van der Waals surface area contributed by atoms with Crippen LogP contribution in [0.2, 0.25) is 0 Å². The van der Waals surface area contributed by atoms with E-state index in [1.54, 1.807) is 12.4 Å². The molecule has 0 aliphatic rings. The van der Waals surface area contributed by atoms with E-state index in [0.29, 0.717) is 6.61 Å². The van der Waals surface area contributed by atoms with Crippen molar-refractivity contribution < 1.29 is 9.53 Å². The summed E-state index contributed by atoms with van der Waals surface area (Å²) in [7, 11) is 0. The van der Waals surface area contributed by atoms with Crippen molar-refractivity contribution in [1.29, 1.82) is 0 Å². The molecule has 3 nitrogen and oxygen atoms in total. The second-order valence-corrected chi connectivity index (χ2v) is 3.02. The first-order valence-corrected chi connectivity index (χ1v) is 4.43. The van der Waals surface area contributed by atoms with Crippen LogP contribution in [-0.4, -0.2) is 17.6 Å². The minimum absolute atomic E-state index is 0.182. The summed E-state index contributed by atoms with van der Waals surface area (Å²) < 4.78 is 4.93. The maximum Gasteiger partial charge on any atom is 0.330 e. The average molecular weight is 191 g/mol. The summed E-state index contributed by atoms with van der Waals surface area (Å²) in [4.78, 5) is 14.7. The van der Waals surface area contributed by atoms with Crippen LogP contribution in [0, 0.1) is 0 Å². The van der Waals surface area contributed by atoms with Crippen molar-refractivity contribution in [2.24, 2.45) is 0 Å². The van der Waals surface area contributed by atoms with Crippen LogP contribution < -0.4 is 0 Å². The fourth-order valence-electron chi connectivity index (χ4n) is 1.05. The van der Waals surface area contributed by atoms with Crippen LogP contribution in [-0.2, 0) is 9.53 Å². The van der Waals surface area contributed by atoms with E-state index < -0.39 is 0 Å². The van der Waals surface area contributed by atoms with E-state index in [0.717, 1.165) is 5.56 Å². The van der Waals surface area contributed by atoms with Crippen molar-refractivity contribution in [3.8, 4) is 0 Å². The molecule has 1 unspecified atom stereocenters. The van der Waals surface area contributed by atoms with Crippen LogP contribution in [0.3, 0.4) is 0 Å². The number of hydrogen-bond acceptors (Lipinski definition) is 3. The van der Waals surface area contributed by atoms with Gasteiger partial charge in [0, 0.05) is 24.4 Å². The van der Waals surface area contributed by atoms with Gasteiger partial charge in [-0.05, 0) is 17.7 Å². The Balaban J connectivity index is 2.47. The predicted octanol–water partition coefficient (Wildman–Crippen LogP) is 1.91. The smallest absolute Gasteiger partial charge is 0.330 e. The SMILES string of the molecule is C=CC(=O)OCC(C)c1ccncc1. The van der Waals surface area contributed by atoms with E-state index in [1.807, 2.05) is 19.1 Å². The van der Waals surface area contributed by atoms with E-state index in [9.17, 15) is 4.79 Å². The summed E-state index contributed by atoms with van der Waals surface area (Å²) in [5, 5.41) is 0. The molecule has 0 radical (unpaired) electrons. The van der Waals surface area contributed by atoms with Gasteiger partial charge in [-0.3, -0.25) is 4.98 Å². The third kappa shape index (κ3) is 3.01. The Labute approximate surface area is 83.4 Å². The van der Waals surface area contributed by atoms with E-state index in [2.05, 4.69) is 11.6 Å². The van der Waals surface area contributed by atoms with Gasteiger partial charge in [0.2, 0.25) is 0 Å². The number of rotatable bonds is 4. The molecule has 1 aromatic rings. The summed E-state index contributed by atoms with van der Waals surface area (Å²) in [6.07, 6.45) is 4.61. The molecule has 0 aromatic carbocycles. The maximum absolute atomic E-state index is 10.8. The summed E-state index contributed by atoms with van der Waals surface area (Å²) >= 11 is 0. The summed E-state index contributed by atoms with van der Waals surface area (Å²) in [5.74, 6) is -0.201. The predicted molar refractivity (Wildman–Crippen MR) is 53.8 cm³/mol. The lowest BCUT2D eigenvalue weighted by Crippen LogP contribution is -2.08. The second kappa shape index (κ2) is 5.17. The third-order valence-electron chi connectivity index (χ3n) is 1.92. The molecule has 0 saturated carbocycles. The number of carbonyl (C=O) groups is 1. The molecule has 0 saturated heterocycles. The quantitative estimate of drug-likeness (QED) is 0.539. The molecular weight excluding hydrogens is 178 g/mol. The zero-order chi connectivity index (χ0) is 10.4. The fraction of sp³-hybridized carbons (Fsp3) is 0.273. The van der Waals surface area contributed by atoms with Gasteiger partial charge in [0.25, 0.3) is 0 Å². The second-order valence-electron chi connectivity index (χ2n) is 3.02. The van der Waals surface area contributed by atoms with Crippen molar-refractivity contribution in [1.82, 2.24) is 4.98 Å². The Morgan fingerprint density at radius 3 is 2.86 bits per heavy atom. The van der Waals surface area contributed by atoms with Crippen molar-refractivity contribution in [2.75, 3.05) is 6.61 Å². The first-order valence-electron chi connectivity index (χ1n) is 4.43. The molecule has 0 bridgehead atoms. The third-order valence-corrected chi connectivity index (χ3v) is 1.92. The Morgan fingerprint density at radius 1 is 1.64 bits per heavy atom. The van der Waals surface area contributed by atoms with Crippen LogP contribution >= 0.6 is 0 Å². The van der Waals surface area contributed by atoms with E-state index in [-0.39, 0.29) is 11.9 Å². The normalized spacial score (nSPS) is 11.8. The minimum atomic E-state index is -0.383. The number of ether oxygens (including phenoxy) is 1. The van der Waals surface area contributed by atoms with Gasteiger partial charge in [0.1, 0.15) is 0 Å². The highest BCUT2D eigenvalue weighted by molar-refractivity contribution is 5.81. The van der Waals surface area contributed by atoms with Crippen molar-refractivity contribution in [3.05, 3.63) is 42.7 Å². The van der Waals surface area contributed by atoms with Gasteiger partial charge >= 0.3 is 5.97 Å². The number of aromatic nitrogens is 1. The highest BCUT2D eigenvalue weighted by atomic mass is 16.5. The number of carbonyl (C=O) groups excluding carboxylic acids is 1. The number of pyridine rings is 1. The summed E-state index contributed by atoms with van der Waals surface area (Å²) in [5.41, 5.74) is 1.11. The number of esters is 1. The molecule has 1 heterocycles. The van der Waals surface area contributed by atoms with E-state index in [4.69, 9.17) is 4.74 Å². The molecule has 1 aromatic heterocycles. The fourth-order valence-corrected chi connectivity index (χ4v) is 1.05. The standard InChI is InChI=1S/C11H13NO2/c1-3-11(13)14-8-9(2)10-4-6-12-7-5-10/h3-7,9H,1,8H2,2H3. The molecule has 0 N–H and O–H groups in total. The van der Waals surface area contributed by atoms with Gasteiger partial charge in [-0.15, -0.1) is 0 Å². The van der Waals surface area contributed by atoms with Crippen molar-refractivity contribution in [2.45, 2.75) is 12.8 Å². The van der Waals surface area contributed by atoms with Gasteiger partial charge in [0.15, 0.2) is 0 Å². The highest BCUT2D eigenvalue weighted by Gasteiger charge is 2.06. The molecule has 1 atom stereocenters. The van der Waals surface area contributed by atoms with Gasteiger partial charge < -0.3 is 4.74 Å². The van der Waals surface area contributed by atoms with Crippen LogP contribution in [0.1, 0.15) is 18.4 Å². The van der Waals surface area contributed by atoms with E-state index in [1.165, 1.54) is 6.08 Å². The molecule has 74 valence electrons. The van der Waals surface area contributed by atoms with Crippen LogP contribution in [0.4, 0.5) is 0 Å². The highest BCUT2D eigenvalue weighted by Crippen LogP contribution is 2.13. The zero-order valence-electron chi connectivity index (χ0n) is 8.14. The van der Waals surface area contributed by atoms with Gasteiger partial charge in [-0.2, -0.15) is 0 Å². The molecule has 0 fully saturated rings. The number of hydrogen-bond donors (Lipinski definition) is 0. The first-order chi connectivity index (χ1) is 6.74. The minimum Gasteiger partial charge on any atom is -0.462 e. The Morgan fingerprint density at radius 2 is 2.29 bits per heavy atom. The molecule has 3 heteroatoms. The monoisotopic (exact) mass is 191 g/mol. The molecule has 0 aliphatic carbocycles. The van der Waals surface area contributed by atoms with Gasteiger partial charge in [-0.25, -0.2) is 4.79 Å².